The van der Waals surface area contributed by atoms with Crippen LogP contribution < -0.4 is 0 Å². The van der Waals surface area contributed by atoms with Gasteiger partial charge in [0, 0.05) is 0 Å². The first-order chi connectivity index (χ1) is 4.13. The monoisotopic (exact) mass is 122 g/mol. The molecule has 0 heteroatoms. The molecule has 0 nitrogen and oxygen atoms in total. The van der Waals surface area contributed by atoms with Crippen molar-refractivity contribution in [2.45, 2.75) is 20.8 Å². The predicted molar refractivity (Wildman–Crippen MR) is 43.4 cm³/mol. The lowest BCUT2D eigenvalue weighted by Gasteiger charge is -1.83. The highest BCUT2D eigenvalue weighted by atomic mass is 13.8. The molecule has 0 atom stereocenters. The molecule has 0 aromatic rings. The maximum Gasteiger partial charge on any atom is -0.0404 e. The molecule has 0 aliphatic heterocycles. The van der Waals surface area contributed by atoms with E-state index in [9.17, 15) is 0 Å². The van der Waals surface area contributed by atoms with Gasteiger partial charge in [-0.05, 0) is 20.8 Å². The molecule has 0 aromatic heterocycles. The zero-order valence-electron chi connectivity index (χ0n) is 6.44. The van der Waals surface area contributed by atoms with Crippen molar-refractivity contribution in [1.82, 2.24) is 0 Å². The molecule has 0 radical (unpaired) electrons. The Morgan fingerprint density at radius 1 is 1.22 bits per heavy atom. The van der Waals surface area contributed by atoms with Crippen LogP contribution in [0.3, 0.4) is 0 Å². The zero-order chi connectivity index (χ0) is 7.28. The summed E-state index contributed by atoms with van der Waals surface area (Å²) in [4.78, 5) is 0. The standard InChI is InChI=1S/C9H14/c1-8(2)6-5-7-9(3)4/h5-7H,1H2,2-4H3. The van der Waals surface area contributed by atoms with Crippen LogP contribution in [0.2, 0.25) is 0 Å². The number of allylic oxidation sites excluding steroid dienone is 5. The van der Waals surface area contributed by atoms with E-state index in [-0.39, 0.29) is 0 Å². The van der Waals surface area contributed by atoms with Gasteiger partial charge in [-0.1, -0.05) is 36.0 Å². The third-order valence-corrected chi connectivity index (χ3v) is 0.810. The van der Waals surface area contributed by atoms with Gasteiger partial charge in [0.1, 0.15) is 0 Å². The Balaban J connectivity index is 3.74. The lowest BCUT2D eigenvalue weighted by atomic mass is 10.2. The average Bonchev–Trinajstić information content (AvgIpc) is 1.63. The van der Waals surface area contributed by atoms with Crippen LogP contribution in [-0.2, 0) is 0 Å². The zero-order valence-corrected chi connectivity index (χ0v) is 6.44. The van der Waals surface area contributed by atoms with Crippen LogP contribution in [0.25, 0.3) is 0 Å². The highest BCUT2D eigenvalue weighted by molar-refractivity contribution is 5.18. The third kappa shape index (κ3) is 7.22. The fourth-order valence-electron chi connectivity index (χ4n) is 0.405. The summed E-state index contributed by atoms with van der Waals surface area (Å²) in [6.07, 6.45) is 6.07. The highest BCUT2D eigenvalue weighted by Gasteiger charge is 1.71. The lowest BCUT2D eigenvalue weighted by molar-refractivity contribution is 1.39. The van der Waals surface area contributed by atoms with Crippen molar-refractivity contribution in [3.8, 4) is 0 Å². The minimum absolute atomic E-state index is 1.09. The van der Waals surface area contributed by atoms with E-state index in [0.717, 1.165) is 5.57 Å². The minimum atomic E-state index is 1.09. The smallest absolute Gasteiger partial charge is 0.0404 e. The van der Waals surface area contributed by atoms with Gasteiger partial charge < -0.3 is 0 Å². The molecule has 0 bridgehead atoms. The van der Waals surface area contributed by atoms with E-state index in [1.54, 1.807) is 0 Å². The second-order valence-electron chi connectivity index (χ2n) is 2.45. The molecule has 0 saturated heterocycles. The lowest BCUT2D eigenvalue weighted by Crippen LogP contribution is -1.61. The Kier molecular flexibility index (Phi) is 3.78. The van der Waals surface area contributed by atoms with Crippen LogP contribution in [0.5, 0.6) is 0 Å². The summed E-state index contributed by atoms with van der Waals surface area (Å²) in [6.45, 7) is 9.86. The van der Waals surface area contributed by atoms with Crippen molar-refractivity contribution in [3.05, 3.63) is 36.0 Å². The van der Waals surface area contributed by atoms with E-state index in [0.29, 0.717) is 0 Å². The largest absolute Gasteiger partial charge is 0.0961 e. The second kappa shape index (κ2) is 4.13. The molecular weight excluding hydrogens is 108 g/mol. The van der Waals surface area contributed by atoms with Gasteiger partial charge in [-0.25, -0.2) is 0 Å². The van der Waals surface area contributed by atoms with Crippen molar-refractivity contribution in [2.75, 3.05) is 0 Å². The van der Waals surface area contributed by atoms with E-state index in [4.69, 9.17) is 0 Å². The summed E-state index contributed by atoms with van der Waals surface area (Å²) in [5.41, 5.74) is 2.40. The van der Waals surface area contributed by atoms with Gasteiger partial charge in [0.15, 0.2) is 0 Å². The van der Waals surface area contributed by atoms with Crippen molar-refractivity contribution in [3.63, 3.8) is 0 Å². The Hall–Kier alpha value is -0.780. The Bertz CT molecular complexity index is 143. The quantitative estimate of drug-likeness (QED) is 0.494. The first-order valence-electron chi connectivity index (χ1n) is 3.10. The van der Waals surface area contributed by atoms with Crippen LogP contribution in [0.15, 0.2) is 36.0 Å². The minimum Gasteiger partial charge on any atom is -0.0961 e. The molecule has 0 heterocycles. The van der Waals surface area contributed by atoms with Gasteiger partial charge in [0.05, 0.1) is 0 Å². The van der Waals surface area contributed by atoms with E-state index in [2.05, 4.69) is 26.5 Å². The molecule has 0 aliphatic carbocycles. The van der Waals surface area contributed by atoms with Gasteiger partial charge in [0.2, 0.25) is 0 Å². The molecule has 0 aromatic carbocycles. The summed E-state index contributed by atoms with van der Waals surface area (Å²) in [6, 6.07) is 0. The number of hydrogen-bond donors (Lipinski definition) is 0. The Morgan fingerprint density at radius 2 is 1.78 bits per heavy atom. The Labute approximate surface area is 57.6 Å². The van der Waals surface area contributed by atoms with Gasteiger partial charge in [-0.2, -0.15) is 0 Å². The molecule has 0 spiro atoms. The average molecular weight is 122 g/mol. The second-order valence-corrected chi connectivity index (χ2v) is 2.45. The van der Waals surface area contributed by atoms with E-state index in [1.807, 2.05) is 19.1 Å². The van der Waals surface area contributed by atoms with Crippen molar-refractivity contribution in [1.29, 1.82) is 0 Å². The van der Waals surface area contributed by atoms with Gasteiger partial charge in [-0.3, -0.25) is 0 Å². The van der Waals surface area contributed by atoms with Crippen molar-refractivity contribution >= 4 is 0 Å². The molecule has 9 heavy (non-hydrogen) atoms. The molecule has 0 rings (SSSR count). The molecule has 0 unspecified atom stereocenters. The van der Waals surface area contributed by atoms with Crippen LogP contribution in [0.4, 0.5) is 0 Å². The van der Waals surface area contributed by atoms with Gasteiger partial charge in [-0.15, -0.1) is 0 Å². The van der Waals surface area contributed by atoms with Gasteiger partial charge >= 0.3 is 0 Å². The molecule has 0 N–H and O–H groups in total. The van der Waals surface area contributed by atoms with Crippen LogP contribution in [-0.4, -0.2) is 0 Å². The molecule has 50 valence electrons. The maximum absolute atomic E-state index is 3.74. The maximum atomic E-state index is 3.74. The molecule has 0 aliphatic rings. The van der Waals surface area contributed by atoms with Crippen molar-refractivity contribution < 1.29 is 0 Å². The summed E-state index contributed by atoms with van der Waals surface area (Å²) >= 11 is 0. The topological polar surface area (TPSA) is 0 Å². The predicted octanol–water partition coefficient (Wildman–Crippen LogP) is 3.08. The summed E-state index contributed by atoms with van der Waals surface area (Å²) in [7, 11) is 0. The van der Waals surface area contributed by atoms with Gasteiger partial charge in [0.25, 0.3) is 0 Å². The summed E-state index contributed by atoms with van der Waals surface area (Å²) in [5.74, 6) is 0. The summed E-state index contributed by atoms with van der Waals surface area (Å²) < 4.78 is 0. The Morgan fingerprint density at radius 3 is 2.11 bits per heavy atom. The molecular formula is C9H14. The third-order valence-electron chi connectivity index (χ3n) is 0.810. The fourth-order valence-corrected chi connectivity index (χ4v) is 0.405. The van der Waals surface area contributed by atoms with Crippen LogP contribution in [0, 0.1) is 0 Å². The molecule has 0 fully saturated rings. The normalized spacial score (nSPS) is 9.67. The first-order valence-corrected chi connectivity index (χ1v) is 3.10. The SMILES string of the molecule is C=C(C)C=CC=C(C)C. The van der Waals surface area contributed by atoms with Crippen LogP contribution in [0.1, 0.15) is 20.8 Å². The first kappa shape index (κ1) is 8.22. The molecule has 0 amide bonds. The van der Waals surface area contributed by atoms with E-state index < -0.39 is 0 Å². The highest BCUT2D eigenvalue weighted by Crippen LogP contribution is 1.92. The fraction of sp³-hybridized carbons (Fsp3) is 0.333. The van der Waals surface area contributed by atoms with Crippen molar-refractivity contribution in [2.24, 2.45) is 0 Å². The van der Waals surface area contributed by atoms with E-state index in [1.165, 1.54) is 5.57 Å². The van der Waals surface area contributed by atoms with Crippen LogP contribution >= 0.6 is 0 Å². The summed E-state index contributed by atoms with van der Waals surface area (Å²) in [5, 5.41) is 0. The molecule has 0 saturated carbocycles. The van der Waals surface area contributed by atoms with E-state index >= 15 is 0 Å². The number of hydrogen-bond acceptors (Lipinski definition) is 0. The number of rotatable bonds is 2.